The Balaban J connectivity index is 1.80. The molecular formula is C18H20F2N2O2. The molecule has 0 aliphatic heterocycles. The molecule has 2 aromatic carbocycles. The lowest BCUT2D eigenvalue weighted by atomic mass is 10.1. The number of anilines is 1. The second kappa shape index (κ2) is 8.86. The number of hydrogen-bond acceptors (Lipinski definition) is 2. The first-order valence-electron chi connectivity index (χ1n) is 7.69. The molecule has 2 amide bonds. The normalized spacial score (nSPS) is 11.8. The molecule has 0 aromatic heterocycles. The lowest BCUT2D eigenvalue weighted by molar-refractivity contribution is -0.0497. The van der Waals surface area contributed by atoms with E-state index in [-0.39, 0.29) is 17.8 Å². The number of alkyl halides is 2. The summed E-state index contributed by atoms with van der Waals surface area (Å²) >= 11 is 0. The SMILES string of the molecule is CC(CCc1ccccc1)NC(=O)Nc1cccc(OC(F)F)c1. The molecule has 0 radical (unpaired) electrons. The summed E-state index contributed by atoms with van der Waals surface area (Å²) in [5.74, 6) is -0.0000685. The van der Waals surface area contributed by atoms with Gasteiger partial charge in [-0.2, -0.15) is 8.78 Å². The van der Waals surface area contributed by atoms with E-state index in [1.165, 1.54) is 23.8 Å². The van der Waals surface area contributed by atoms with E-state index in [1.54, 1.807) is 6.07 Å². The van der Waals surface area contributed by atoms with E-state index in [0.29, 0.717) is 5.69 Å². The molecule has 24 heavy (non-hydrogen) atoms. The summed E-state index contributed by atoms with van der Waals surface area (Å²) in [6, 6.07) is 15.5. The minimum Gasteiger partial charge on any atom is -0.435 e. The van der Waals surface area contributed by atoms with Crippen molar-refractivity contribution >= 4 is 11.7 Å². The number of urea groups is 1. The zero-order valence-corrected chi connectivity index (χ0v) is 13.3. The molecule has 2 aromatic rings. The Hall–Kier alpha value is -2.63. The third kappa shape index (κ3) is 6.24. The van der Waals surface area contributed by atoms with Gasteiger partial charge < -0.3 is 15.4 Å². The molecule has 6 heteroatoms. The summed E-state index contributed by atoms with van der Waals surface area (Å²) < 4.78 is 28.7. The average Bonchev–Trinajstić information content (AvgIpc) is 2.53. The van der Waals surface area contributed by atoms with Crippen LogP contribution in [0, 0.1) is 0 Å². The van der Waals surface area contributed by atoms with Crippen molar-refractivity contribution in [3.63, 3.8) is 0 Å². The van der Waals surface area contributed by atoms with Crippen LogP contribution in [0.4, 0.5) is 19.3 Å². The van der Waals surface area contributed by atoms with Crippen LogP contribution in [0.2, 0.25) is 0 Å². The fourth-order valence-corrected chi connectivity index (χ4v) is 2.24. The Kier molecular flexibility index (Phi) is 6.54. The van der Waals surface area contributed by atoms with Gasteiger partial charge in [-0.3, -0.25) is 0 Å². The molecule has 0 saturated carbocycles. The van der Waals surface area contributed by atoms with Gasteiger partial charge in [0.15, 0.2) is 0 Å². The van der Waals surface area contributed by atoms with Gasteiger partial charge in [-0.25, -0.2) is 4.79 Å². The quantitative estimate of drug-likeness (QED) is 0.787. The fourth-order valence-electron chi connectivity index (χ4n) is 2.24. The Morgan fingerprint density at radius 2 is 1.88 bits per heavy atom. The standard InChI is InChI=1S/C18H20F2N2O2/c1-13(10-11-14-6-3-2-4-7-14)21-18(23)22-15-8-5-9-16(12-15)24-17(19)20/h2-9,12-13,17H,10-11H2,1H3,(H2,21,22,23). The van der Waals surface area contributed by atoms with E-state index < -0.39 is 6.61 Å². The van der Waals surface area contributed by atoms with Gasteiger partial charge in [0.05, 0.1) is 0 Å². The first-order valence-corrected chi connectivity index (χ1v) is 7.69. The number of carbonyl (C=O) groups is 1. The molecule has 0 saturated heterocycles. The number of carbonyl (C=O) groups excluding carboxylic acids is 1. The highest BCUT2D eigenvalue weighted by atomic mass is 19.3. The Morgan fingerprint density at radius 3 is 2.58 bits per heavy atom. The minimum atomic E-state index is -2.90. The van der Waals surface area contributed by atoms with Gasteiger partial charge in [-0.1, -0.05) is 36.4 Å². The lowest BCUT2D eigenvalue weighted by Crippen LogP contribution is -2.36. The van der Waals surface area contributed by atoms with Crippen molar-refractivity contribution in [3.05, 3.63) is 60.2 Å². The van der Waals surface area contributed by atoms with Crippen LogP contribution in [0.3, 0.4) is 0 Å². The molecule has 128 valence electrons. The van der Waals surface area contributed by atoms with Gasteiger partial charge in [-0.15, -0.1) is 0 Å². The topological polar surface area (TPSA) is 50.4 Å². The molecule has 2 rings (SSSR count). The number of aryl methyl sites for hydroxylation is 1. The summed E-state index contributed by atoms with van der Waals surface area (Å²) in [4.78, 5) is 12.0. The van der Waals surface area contributed by atoms with Crippen LogP contribution in [0.15, 0.2) is 54.6 Å². The maximum absolute atomic E-state index is 12.2. The summed E-state index contributed by atoms with van der Waals surface area (Å²) in [6.45, 7) is -0.981. The first kappa shape index (κ1) is 17.7. The zero-order chi connectivity index (χ0) is 17.4. The number of benzene rings is 2. The number of ether oxygens (including phenoxy) is 1. The van der Waals surface area contributed by atoms with Crippen molar-refractivity contribution in [2.24, 2.45) is 0 Å². The van der Waals surface area contributed by atoms with Crippen LogP contribution in [-0.2, 0) is 6.42 Å². The van der Waals surface area contributed by atoms with Crippen molar-refractivity contribution in [1.29, 1.82) is 0 Å². The van der Waals surface area contributed by atoms with E-state index >= 15 is 0 Å². The maximum Gasteiger partial charge on any atom is 0.387 e. The van der Waals surface area contributed by atoms with Crippen LogP contribution in [0.5, 0.6) is 5.75 Å². The van der Waals surface area contributed by atoms with Crippen LogP contribution in [0.25, 0.3) is 0 Å². The third-order valence-corrected chi connectivity index (χ3v) is 3.40. The van der Waals surface area contributed by atoms with Crippen LogP contribution < -0.4 is 15.4 Å². The molecule has 0 aliphatic rings. The number of halogens is 2. The molecule has 0 spiro atoms. The second-order valence-electron chi connectivity index (χ2n) is 5.43. The van der Waals surface area contributed by atoms with E-state index in [0.717, 1.165) is 12.8 Å². The molecule has 1 unspecified atom stereocenters. The third-order valence-electron chi connectivity index (χ3n) is 3.40. The predicted molar refractivity (Wildman–Crippen MR) is 89.5 cm³/mol. The van der Waals surface area contributed by atoms with Crippen molar-refractivity contribution in [3.8, 4) is 5.75 Å². The van der Waals surface area contributed by atoms with Crippen molar-refractivity contribution in [2.75, 3.05) is 5.32 Å². The largest absolute Gasteiger partial charge is 0.435 e. The van der Waals surface area contributed by atoms with Crippen LogP contribution >= 0.6 is 0 Å². The Labute approximate surface area is 139 Å². The lowest BCUT2D eigenvalue weighted by Gasteiger charge is -2.15. The maximum atomic E-state index is 12.2. The van der Waals surface area contributed by atoms with E-state index in [2.05, 4.69) is 15.4 Å². The first-order chi connectivity index (χ1) is 11.5. The molecule has 4 nitrogen and oxygen atoms in total. The molecule has 1 atom stereocenters. The number of hydrogen-bond donors (Lipinski definition) is 2. The molecular weight excluding hydrogens is 314 g/mol. The average molecular weight is 334 g/mol. The smallest absolute Gasteiger partial charge is 0.387 e. The van der Waals surface area contributed by atoms with Crippen molar-refractivity contribution in [1.82, 2.24) is 5.32 Å². The van der Waals surface area contributed by atoms with Crippen molar-refractivity contribution in [2.45, 2.75) is 32.4 Å². The Bertz CT molecular complexity index is 650. The summed E-state index contributed by atoms with van der Waals surface area (Å²) in [7, 11) is 0. The number of amides is 2. The van der Waals surface area contributed by atoms with Crippen LogP contribution in [-0.4, -0.2) is 18.7 Å². The molecule has 0 bridgehead atoms. The summed E-state index contributed by atoms with van der Waals surface area (Å²) in [5, 5.41) is 5.43. The number of rotatable bonds is 7. The highest BCUT2D eigenvalue weighted by molar-refractivity contribution is 5.89. The van der Waals surface area contributed by atoms with Gasteiger partial charge >= 0.3 is 12.6 Å². The molecule has 0 fully saturated rings. The molecule has 2 N–H and O–H groups in total. The molecule has 0 heterocycles. The fraction of sp³-hybridized carbons (Fsp3) is 0.278. The van der Waals surface area contributed by atoms with E-state index in [1.807, 2.05) is 37.3 Å². The van der Waals surface area contributed by atoms with Gasteiger partial charge in [0, 0.05) is 17.8 Å². The highest BCUT2D eigenvalue weighted by Gasteiger charge is 2.09. The summed E-state index contributed by atoms with van der Waals surface area (Å²) in [6.07, 6.45) is 1.66. The number of nitrogens with one attached hydrogen (secondary N) is 2. The van der Waals surface area contributed by atoms with Gasteiger partial charge in [0.25, 0.3) is 0 Å². The minimum absolute atomic E-state index is 0.0000685. The van der Waals surface area contributed by atoms with Crippen LogP contribution in [0.1, 0.15) is 18.9 Å². The van der Waals surface area contributed by atoms with Gasteiger partial charge in [-0.05, 0) is 37.5 Å². The highest BCUT2D eigenvalue weighted by Crippen LogP contribution is 2.19. The Morgan fingerprint density at radius 1 is 1.12 bits per heavy atom. The second-order valence-corrected chi connectivity index (χ2v) is 5.43. The predicted octanol–water partition coefficient (Wildman–Crippen LogP) is 4.43. The zero-order valence-electron chi connectivity index (χ0n) is 13.3. The van der Waals surface area contributed by atoms with E-state index in [4.69, 9.17) is 0 Å². The van der Waals surface area contributed by atoms with Gasteiger partial charge in [0.2, 0.25) is 0 Å². The summed E-state index contributed by atoms with van der Waals surface area (Å²) in [5.41, 5.74) is 1.60. The van der Waals surface area contributed by atoms with Crippen molar-refractivity contribution < 1.29 is 18.3 Å². The molecule has 0 aliphatic carbocycles. The monoisotopic (exact) mass is 334 g/mol. The van der Waals surface area contributed by atoms with Gasteiger partial charge in [0.1, 0.15) is 5.75 Å². The van der Waals surface area contributed by atoms with E-state index in [9.17, 15) is 13.6 Å².